The zero-order valence-electron chi connectivity index (χ0n) is 12.0. The molecule has 0 saturated carbocycles. The van der Waals surface area contributed by atoms with Gasteiger partial charge >= 0.3 is 0 Å². The minimum atomic E-state index is -0.905. The number of benzene rings is 1. The number of carbonyl (C=O) groups excluding carboxylic acids is 2. The van der Waals surface area contributed by atoms with Crippen molar-refractivity contribution in [2.45, 2.75) is 0 Å². The van der Waals surface area contributed by atoms with Crippen molar-refractivity contribution >= 4 is 11.7 Å². The van der Waals surface area contributed by atoms with E-state index in [4.69, 9.17) is 4.74 Å². The number of nitrogens with zero attached hydrogens (tertiary/aromatic N) is 1. The Kier molecular flexibility index (Phi) is 6.90. The molecule has 5 nitrogen and oxygen atoms in total. The maximum Gasteiger partial charge on any atom is 0.234 e. The van der Waals surface area contributed by atoms with Crippen LogP contribution >= 0.6 is 0 Å². The summed E-state index contributed by atoms with van der Waals surface area (Å²) >= 11 is 0. The summed E-state index contributed by atoms with van der Waals surface area (Å²) in [4.78, 5) is 24.8. The molecule has 0 heterocycles. The molecular weight excluding hydrogens is 282 g/mol. The fourth-order valence-corrected chi connectivity index (χ4v) is 1.70. The maximum atomic E-state index is 13.4. The summed E-state index contributed by atoms with van der Waals surface area (Å²) < 4.78 is 31.0. The van der Waals surface area contributed by atoms with E-state index in [1.54, 1.807) is 7.05 Å². The van der Waals surface area contributed by atoms with Crippen LogP contribution in [0.25, 0.3) is 0 Å². The number of carbonyl (C=O) groups is 2. The van der Waals surface area contributed by atoms with Crippen LogP contribution in [0.15, 0.2) is 18.2 Å². The molecule has 116 valence electrons. The van der Waals surface area contributed by atoms with Crippen LogP contribution in [0.2, 0.25) is 0 Å². The predicted molar refractivity (Wildman–Crippen MR) is 73.1 cm³/mol. The fourth-order valence-electron chi connectivity index (χ4n) is 1.70. The minimum Gasteiger partial charge on any atom is -0.383 e. The third kappa shape index (κ3) is 5.97. The average Bonchev–Trinajstić information content (AvgIpc) is 2.38. The second-order valence-corrected chi connectivity index (χ2v) is 4.56. The normalized spacial score (nSPS) is 10.7. The Labute approximate surface area is 121 Å². The standard InChI is InChI=1S/C14H18F2N2O3/c1-18(9-14(20)17-5-6-21-2)8-13(19)11-4-3-10(15)7-12(11)16/h3-4,7H,5-6,8-9H2,1-2H3,(H,17,20). The van der Waals surface area contributed by atoms with Crippen molar-refractivity contribution in [3.63, 3.8) is 0 Å². The van der Waals surface area contributed by atoms with Crippen molar-refractivity contribution in [2.75, 3.05) is 40.4 Å². The highest BCUT2D eigenvalue weighted by molar-refractivity contribution is 5.98. The molecule has 0 saturated heterocycles. The second kappa shape index (κ2) is 8.43. The molecule has 1 aromatic carbocycles. The number of ether oxygens (including phenoxy) is 1. The summed E-state index contributed by atoms with van der Waals surface area (Å²) in [5.74, 6) is -2.42. The molecule has 0 bridgehead atoms. The predicted octanol–water partition coefficient (Wildman–Crippen LogP) is 0.842. The summed E-state index contributed by atoms with van der Waals surface area (Å²) in [7, 11) is 3.09. The molecule has 0 unspecified atom stereocenters. The smallest absolute Gasteiger partial charge is 0.234 e. The number of hydrogen-bond acceptors (Lipinski definition) is 4. The number of rotatable bonds is 8. The van der Waals surface area contributed by atoms with Crippen molar-refractivity contribution in [1.29, 1.82) is 0 Å². The number of halogens is 2. The van der Waals surface area contributed by atoms with E-state index in [0.717, 1.165) is 12.1 Å². The third-order valence-electron chi connectivity index (χ3n) is 2.69. The number of hydrogen-bond donors (Lipinski definition) is 1. The summed E-state index contributed by atoms with van der Waals surface area (Å²) in [6, 6.07) is 2.78. The first-order valence-electron chi connectivity index (χ1n) is 6.36. The van der Waals surface area contributed by atoms with E-state index in [1.165, 1.54) is 12.0 Å². The quantitative estimate of drug-likeness (QED) is 0.571. The van der Waals surface area contributed by atoms with Crippen molar-refractivity contribution in [2.24, 2.45) is 0 Å². The first kappa shape index (κ1) is 17.2. The van der Waals surface area contributed by atoms with Crippen LogP contribution in [-0.2, 0) is 9.53 Å². The Hall–Kier alpha value is -1.86. The molecule has 0 fully saturated rings. The van der Waals surface area contributed by atoms with Gasteiger partial charge < -0.3 is 10.1 Å². The third-order valence-corrected chi connectivity index (χ3v) is 2.69. The minimum absolute atomic E-state index is 0.00172. The van der Waals surface area contributed by atoms with Gasteiger partial charge in [-0.2, -0.15) is 0 Å². The molecule has 0 aliphatic heterocycles. The van der Waals surface area contributed by atoms with Crippen molar-refractivity contribution < 1.29 is 23.1 Å². The topological polar surface area (TPSA) is 58.6 Å². The fraction of sp³-hybridized carbons (Fsp3) is 0.429. The molecule has 7 heteroatoms. The Morgan fingerprint density at radius 2 is 2.00 bits per heavy atom. The van der Waals surface area contributed by atoms with E-state index >= 15 is 0 Å². The molecular formula is C14H18F2N2O3. The summed E-state index contributed by atoms with van der Waals surface area (Å²) in [5, 5.41) is 2.61. The molecule has 0 aromatic heterocycles. The average molecular weight is 300 g/mol. The maximum absolute atomic E-state index is 13.4. The highest BCUT2D eigenvalue weighted by atomic mass is 19.1. The monoisotopic (exact) mass is 300 g/mol. The van der Waals surface area contributed by atoms with Gasteiger partial charge in [-0.3, -0.25) is 14.5 Å². The van der Waals surface area contributed by atoms with Gasteiger partial charge in [0.2, 0.25) is 5.91 Å². The van der Waals surface area contributed by atoms with E-state index in [1.807, 2.05) is 0 Å². The van der Waals surface area contributed by atoms with Crippen LogP contribution in [-0.4, -0.2) is 57.0 Å². The lowest BCUT2D eigenvalue weighted by molar-refractivity contribution is -0.122. The molecule has 1 rings (SSSR count). The number of likely N-dealkylation sites (N-methyl/N-ethyl adjacent to an activating group) is 1. The van der Waals surface area contributed by atoms with Crippen molar-refractivity contribution in [3.8, 4) is 0 Å². The van der Waals surface area contributed by atoms with Gasteiger partial charge in [-0.05, 0) is 19.2 Å². The SMILES string of the molecule is COCCNC(=O)CN(C)CC(=O)c1ccc(F)cc1F. The first-order valence-corrected chi connectivity index (χ1v) is 6.36. The van der Waals surface area contributed by atoms with E-state index in [0.29, 0.717) is 19.2 Å². The molecule has 0 aliphatic rings. The highest BCUT2D eigenvalue weighted by Gasteiger charge is 2.16. The van der Waals surface area contributed by atoms with Crippen LogP contribution < -0.4 is 5.32 Å². The molecule has 1 aromatic rings. The van der Waals surface area contributed by atoms with Crippen LogP contribution in [0, 0.1) is 11.6 Å². The molecule has 1 amide bonds. The summed E-state index contributed by atoms with van der Waals surface area (Å²) in [5.41, 5.74) is -0.192. The molecule has 1 N–H and O–H groups in total. The number of nitrogens with one attached hydrogen (secondary N) is 1. The Balaban J connectivity index is 2.48. The lowest BCUT2D eigenvalue weighted by atomic mass is 10.1. The zero-order chi connectivity index (χ0) is 15.8. The van der Waals surface area contributed by atoms with Gasteiger partial charge in [0.15, 0.2) is 5.78 Å². The highest BCUT2D eigenvalue weighted by Crippen LogP contribution is 2.10. The molecule has 0 aliphatic carbocycles. The van der Waals surface area contributed by atoms with Gasteiger partial charge in [0.05, 0.1) is 25.3 Å². The van der Waals surface area contributed by atoms with Crippen LogP contribution in [0.4, 0.5) is 8.78 Å². The van der Waals surface area contributed by atoms with Gasteiger partial charge in [-0.15, -0.1) is 0 Å². The van der Waals surface area contributed by atoms with Crippen LogP contribution in [0.3, 0.4) is 0 Å². The largest absolute Gasteiger partial charge is 0.383 e. The Bertz CT molecular complexity index is 509. The summed E-state index contributed by atoms with van der Waals surface area (Å²) in [6.07, 6.45) is 0. The molecule has 0 radical (unpaired) electrons. The van der Waals surface area contributed by atoms with Crippen molar-refractivity contribution in [1.82, 2.24) is 10.2 Å². The van der Waals surface area contributed by atoms with Gasteiger partial charge in [-0.25, -0.2) is 8.78 Å². The lowest BCUT2D eigenvalue weighted by Crippen LogP contribution is -2.38. The number of amides is 1. The molecule has 0 atom stereocenters. The van der Waals surface area contributed by atoms with E-state index in [2.05, 4.69) is 5.32 Å². The number of Topliss-reactive ketones (excluding diaryl/α,β-unsaturated/α-hetero) is 1. The first-order chi connectivity index (χ1) is 9.93. The van der Waals surface area contributed by atoms with Gasteiger partial charge in [0.1, 0.15) is 11.6 Å². The summed E-state index contributed by atoms with van der Waals surface area (Å²) in [6.45, 7) is 0.636. The van der Waals surface area contributed by atoms with Gasteiger partial charge in [-0.1, -0.05) is 0 Å². The van der Waals surface area contributed by atoms with Gasteiger partial charge in [0, 0.05) is 19.7 Å². The molecule has 21 heavy (non-hydrogen) atoms. The Morgan fingerprint density at radius 3 is 2.62 bits per heavy atom. The van der Waals surface area contributed by atoms with E-state index in [9.17, 15) is 18.4 Å². The number of methoxy groups -OCH3 is 1. The lowest BCUT2D eigenvalue weighted by Gasteiger charge is -2.15. The zero-order valence-corrected chi connectivity index (χ0v) is 12.0. The van der Waals surface area contributed by atoms with Crippen molar-refractivity contribution in [3.05, 3.63) is 35.4 Å². The van der Waals surface area contributed by atoms with Crippen LogP contribution in [0.1, 0.15) is 10.4 Å². The van der Waals surface area contributed by atoms with Crippen LogP contribution in [0.5, 0.6) is 0 Å². The Morgan fingerprint density at radius 1 is 1.29 bits per heavy atom. The van der Waals surface area contributed by atoms with Gasteiger partial charge in [0.25, 0.3) is 0 Å². The second-order valence-electron chi connectivity index (χ2n) is 4.56. The number of ketones is 1. The molecule has 0 spiro atoms. The van der Waals surface area contributed by atoms with E-state index < -0.39 is 17.4 Å². The van der Waals surface area contributed by atoms with E-state index in [-0.39, 0.29) is 24.6 Å².